The molecule has 0 aromatic heterocycles. The van der Waals surface area contributed by atoms with Crippen LogP contribution in [0.4, 0.5) is 0 Å². The quantitative estimate of drug-likeness (QED) is 0.694. The Kier molecular flexibility index (Phi) is 4.58. The third-order valence-electron chi connectivity index (χ3n) is 7.27. The number of nitrogens with one attached hydrogen (secondary N) is 2. The molecule has 6 nitrogen and oxygen atoms in total. The van der Waals surface area contributed by atoms with Crippen LogP contribution in [-0.4, -0.2) is 48.3 Å². The highest BCUT2D eigenvalue weighted by molar-refractivity contribution is 5.79. The molecule has 152 valence electrons. The first kappa shape index (κ1) is 19.2. The molecule has 0 bridgehead atoms. The molecular formula is C21H34N2O4. The molecule has 6 unspecified atom stereocenters. The van der Waals surface area contributed by atoms with E-state index in [9.17, 15) is 9.59 Å². The van der Waals surface area contributed by atoms with E-state index in [1.165, 1.54) is 0 Å². The number of fused-ring (bicyclic) bond motifs is 2. The van der Waals surface area contributed by atoms with Crippen molar-refractivity contribution < 1.29 is 19.1 Å². The van der Waals surface area contributed by atoms with Crippen molar-refractivity contribution in [3.8, 4) is 0 Å². The number of epoxide rings is 2. The second kappa shape index (κ2) is 6.45. The van der Waals surface area contributed by atoms with E-state index in [1.807, 2.05) is 0 Å². The number of amides is 2. The normalized spacial score (nSPS) is 42.5. The molecule has 0 aromatic carbocycles. The summed E-state index contributed by atoms with van der Waals surface area (Å²) in [6.07, 6.45) is 5.96. The van der Waals surface area contributed by atoms with Gasteiger partial charge in [-0.05, 0) is 57.8 Å². The number of carbonyl (C=O) groups is 2. The van der Waals surface area contributed by atoms with Gasteiger partial charge in [-0.2, -0.15) is 0 Å². The topological polar surface area (TPSA) is 83.3 Å². The van der Waals surface area contributed by atoms with Crippen LogP contribution in [0, 0.1) is 17.3 Å². The number of rotatable bonds is 6. The first-order valence-corrected chi connectivity index (χ1v) is 10.5. The summed E-state index contributed by atoms with van der Waals surface area (Å²) in [5.41, 5.74) is -0.0887. The first-order valence-electron chi connectivity index (χ1n) is 10.5. The van der Waals surface area contributed by atoms with E-state index in [4.69, 9.17) is 9.47 Å². The summed E-state index contributed by atoms with van der Waals surface area (Å²) in [4.78, 5) is 25.0. The van der Waals surface area contributed by atoms with Gasteiger partial charge in [0.05, 0.1) is 23.4 Å². The Labute approximate surface area is 162 Å². The zero-order valence-electron chi connectivity index (χ0n) is 17.1. The number of hydrogen-bond donors (Lipinski definition) is 2. The van der Waals surface area contributed by atoms with Crippen molar-refractivity contribution in [2.45, 2.75) is 89.6 Å². The fourth-order valence-corrected chi connectivity index (χ4v) is 4.77. The number of carbonyl (C=O) groups excluding carboxylic acids is 2. The summed E-state index contributed by atoms with van der Waals surface area (Å²) in [7, 11) is 0. The smallest absolute Gasteiger partial charge is 0.223 e. The van der Waals surface area contributed by atoms with Gasteiger partial charge >= 0.3 is 0 Å². The van der Waals surface area contributed by atoms with Crippen molar-refractivity contribution in [3.63, 3.8) is 0 Å². The Hall–Kier alpha value is -1.14. The maximum absolute atomic E-state index is 12.5. The zero-order chi connectivity index (χ0) is 19.4. The van der Waals surface area contributed by atoms with Crippen molar-refractivity contribution in [2.24, 2.45) is 17.3 Å². The predicted octanol–water partition coefficient (Wildman–Crippen LogP) is 2.16. The van der Waals surface area contributed by atoms with E-state index in [2.05, 4.69) is 38.3 Å². The Morgan fingerprint density at radius 1 is 0.889 bits per heavy atom. The van der Waals surface area contributed by atoms with E-state index in [1.54, 1.807) is 0 Å². The van der Waals surface area contributed by atoms with Crippen molar-refractivity contribution in [1.82, 2.24) is 10.6 Å². The predicted molar refractivity (Wildman–Crippen MR) is 101 cm³/mol. The first-order chi connectivity index (χ1) is 12.6. The summed E-state index contributed by atoms with van der Waals surface area (Å²) in [6.45, 7) is 9.58. The highest BCUT2D eigenvalue weighted by atomic mass is 16.6. The van der Waals surface area contributed by atoms with Gasteiger partial charge < -0.3 is 20.1 Å². The lowest BCUT2D eigenvalue weighted by Crippen LogP contribution is -2.46. The van der Waals surface area contributed by atoms with Gasteiger partial charge in [-0.1, -0.05) is 13.8 Å². The lowest BCUT2D eigenvalue weighted by molar-refractivity contribution is -0.126. The maximum Gasteiger partial charge on any atom is 0.223 e. The molecule has 27 heavy (non-hydrogen) atoms. The van der Waals surface area contributed by atoms with Gasteiger partial charge in [-0.15, -0.1) is 0 Å². The van der Waals surface area contributed by atoms with Crippen molar-refractivity contribution in [2.75, 3.05) is 13.1 Å². The minimum atomic E-state index is -0.177. The molecule has 2 amide bonds. The Balaban J connectivity index is 1.17. The van der Waals surface area contributed by atoms with Crippen molar-refractivity contribution >= 4 is 11.8 Å². The van der Waals surface area contributed by atoms with E-state index >= 15 is 0 Å². The van der Waals surface area contributed by atoms with Gasteiger partial charge in [0.25, 0.3) is 0 Å². The van der Waals surface area contributed by atoms with Gasteiger partial charge in [0.1, 0.15) is 0 Å². The third kappa shape index (κ3) is 4.02. The number of ether oxygens (including phenoxy) is 2. The average molecular weight is 379 g/mol. The molecule has 4 rings (SSSR count). The minimum Gasteiger partial charge on any atom is -0.366 e. The summed E-state index contributed by atoms with van der Waals surface area (Å²) in [5, 5.41) is 6.20. The second-order valence-electron chi connectivity index (χ2n) is 10.4. The van der Waals surface area contributed by atoms with E-state index in [-0.39, 0.29) is 52.5 Å². The van der Waals surface area contributed by atoms with E-state index in [0.717, 1.165) is 38.5 Å². The molecule has 4 aliphatic rings. The molecule has 0 radical (unpaired) electrons. The maximum atomic E-state index is 12.5. The van der Waals surface area contributed by atoms with Crippen LogP contribution in [0.5, 0.6) is 0 Å². The van der Waals surface area contributed by atoms with Crippen LogP contribution in [0.1, 0.15) is 66.2 Å². The van der Waals surface area contributed by atoms with Gasteiger partial charge in [0, 0.05) is 24.9 Å². The standard InChI is InChI=1S/C21H34N2O4/c1-19(2,11-22-17(24)13-5-7-20(3)15(9-13)26-20)12-23-18(25)14-6-8-21(4)16(10-14)27-21/h13-16H,5-12H2,1-4H3,(H,22,24)(H,23,25). The fourth-order valence-electron chi connectivity index (χ4n) is 4.77. The Morgan fingerprint density at radius 3 is 1.67 bits per heavy atom. The zero-order valence-corrected chi connectivity index (χ0v) is 17.1. The van der Waals surface area contributed by atoms with Crippen LogP contribution in [0.3, 0.4) is 0 Å². The summed E-state index contributed by atoms with van der Waals surface area (Å²) < 4.78 is 11.4. The highest BCUT2D eigenvalue weighted by Crippen LogP contribution is 2.50. The fraction of sp³-hybridized carbons (Fsp3) is 0.905. The molecule has 2 heterocycles. The molecule has 4 fully saturated rings. The molecule has 0 aromatic rings. The van der Waals surface area contributed by atoms with Crippen LogP contribution in [0.15, 0.2) is 0 Å². The molecular weight excluding hydrogens is 344 g/mol. The summed E-state index contributed by atoms with van der Waals surface area (Å²) in [5.74, 6) is 0.380. The summed E-state index contributed by atoms with van der Waals surface area (Å²) in [6, 6.07) is 0. The Morgan fingerprint density at radius 2 is 1.30 bits per heavy atom. The van der Waals surface area contributed by atoms with Crippen LogP contribution in [0.25, 0.3) is 0 Å². The molecule has 6 heteroatoms. The van der Waals surface area contributed by atoms with Gasteiger partial charge in [-0.3, -0.25) is 9.59 Å². The monoisotopic (exact) mass is 378 g/mol. The van der Waals surface area contributed by atoms with Crippen LogP contribution in [0.2, 0.25) is 0 Å². The molecule has 2 aliphatic carbocycles. The minimum absolute atomic E-state index is 0.0440. The number of hydrogen-bond acceptors (Lipinski definition) is 4. The van der Waals surface area contributed by atoms with Crippen molar-refractivity contribution in [1.29, 1.82) is 0 Å². The molecule has 2 saturated heterocycles. The molecule has 2 N–H and O–H groups in total. The van der Waals surface area contributed by atoms with Gasteiger partial charge in [0.2, 0.25) is 11.8 Å². The third-order valence-corrected chi connectivity index (χ3v) is 7.27. The van der Waals surface area contributed by atoms with Gasteiger partial charge in [0.15, 0.2) is 0 Å². The van der Waals surface area contributed by atoms with Crippen LogP contribution >= 0.6 is 0 Å². The summed E-state index contributed by atoms with van der Waals surface area (Å²) >= 11 is 0. The molecule has 0 spiro atoms. The van der Waals surface area contributed by atoms with Crippen LogP contribution in [-0.2, 0) is 19.1 Å². The SMILES string of the molecule is CC(C)(CNC(=O)C1CCC2(C)OC2C1)CNC(=O)C1CCC2(C)OC2C1. The van der Waals surface area contributed by atoms with Gasteiger partial charge in [-0.25, -0.2) is 0 Å². The lowest BCUT2D eigenvalue weighted by Gasteiger charge is -2.29. The van der Waals surface area contributed by atoms with Crippen LogP contribution < -0.4 is 10.6 Å². The average Bonchev–Trinajstić information content (AvgIpc) is 3.49. The highest BCUT2D eigenvalue weighted by Gasteiger charge is 2.57. The molecule has 2 saturated carbocycles. The molecule has 2 aliphatic heterocycles. The Bertz CT molecular complexity index is 584. The lowest BCUT2D eigenvalue weighted by atomic mass is 9.82. The molecule has 6 atom stereocenters. The van der Waals surface area contributed by atoms with E-state index in [0.29, 0.717) is 13.1 Å². The second-order valence-corrected chi connectivity index (χ2v) is 10.4. The van der Waals surface area contributed by atoms with E-state index < -0.39 is 0 Å². The van der Waals surface area contributed by atoms with Crippen molar-refractivity contribution in [3.05, 3.63) is 0 Å². The largest absolute Gasteiger partial charge is 0.366 e.